The summed E-state index contributed by atoms with van der Waals surface area (Å²) in [6.45, 7) is -0.374. The summed E-state index contributed by atoms with van der Waals surface area (Å²) in [7, 11) is 0. The maximum Gasteiger partial charge on any atom is 0.304 e. The Bertz CT molecular complexity index is 422. The van der Waals surface area contributed by atoms with Crippen molar-refractivity contribution < 1.29 is 10.0 Å². The van der Waals surface area contributed by atoms with Crippen LogP contribution in [0.5, 0.6) is 0 Å². The van der Waals surface area contributed by atoms with Gasteiger partial charge in [0.05, 0.1) is 9.95 Å². The zero-order chi connectivity index (χ0) is 10.6. The minimum atomic E-state index is -0.625. The molecule has 0 atom stereocenters. The van der Waals surface area contributed by atoms with E-state index < -0.39 is 4.92 Å². The largest absolute Gasteiger partial charge is 0.384 e. The first-order valence-corrected chi connectivity index (χ1v) is 3.92. The fourth-order valence-corrected chi connectivity index (χ4v) is 0.939. The molecule has 6 heteroatoms. The predicted molar refractivity (Wildman–Crippen MR) is 49.9 cm³/mol. The van der Waals surface area contributed by atoms with E-state index in [1.807, 2.05) is 0 Å². The third-order valence-corrected chi connectivity index (χ3v) is 1.52. The molecular weight excluding hydrogens is 208 g/mol. The molecule has 1 heterocycles. The summed E-state index contributed by atoms with van der Waals surface area (Å²) < 4.78 is 0. The average molecular weight is 213 g/mol. The molecule has 0 aliphatic carbocycles. The van der Waals surface area contributed by atoms with Gasteiger partial charge in [0.2, 0.25) is 0 Å². The van der Waals surface area contributed by atoms with E-state index in [2.05, 4.69) is 16.8 Å². The van der Waals surface area contributed by atoms with Crippen LogP contribution in [0.25, 0.3) is 0 Å². The molecule has 0 spiro atoms. The molecule has 1 rings (SSSR count). The Morgan fingerprint density at radius 3 is 3.00 bits per heavy atom. The molecule has 0 saturated carbocycles. The summed E-state index contributed by atoms with van der Waals surface area (Å²) in [4.78, 5) is 13.6. The van der Waals surface area contributed by atoms with Crippen LogP contribution in [0.2, 0.25) is 5.02 Å². The SMILES string of the molecule is O=[N+]([O-])c1cc(Cl)cnc1C#CCO. The number of nitrogens with zero attached hydrogens (tertiary/aromatic N) is 2. The first-order valence-electron chi connectivity index (χ1n) is 3.55. The molecule has 14 heavy (non-hydrogen) atoms. The van der Waals surface area contributed by atoms with Gasteiger partial charge in [0.1, 0.15) is 6.61 Å². The highest BCUT2D eigenvalue weighted by Gasteiger charge is 2.13. The highest BCUT2D eigenvalue weighted by atomic mass is 35.5. The first-order chi connectivity index (χ1) is 6.65. The van der Waals surface area contributed by atoms with Crippen LogP contribution < -0.4 is 0 Å². The first kappa shape index (κ1) is 10.4. The van der Waals surface area contributed by atoms with E-state index in [-0.39, 0.29) is 23.0 Å². The number of hydrogen-bond donors (Lipinski definition) is 1. The van der Waals surface area contributed by atoms with Gasteiger partial charge < -0.3 is 5.11 Å². The quantitative estimate of drug-likeness (QED) is 0.428. The molecule has 0 unspecified atom stereocenters. The van der Waals surface area contributed by atoms with Crippen molar-refractivity contribution >= 4 is 17.3 Å². The molecule has 72 valence electrons. The summed E-state index contributed by atoms with van der Waals surface area (Å²) in [6.07, 6.45) is 1.26. The number of aromatic nitrogens is 1. The third-order valence-electron chi connectivity index (χ3n) is 1.32. The molecule has 1 N–H and O–H groups in total. The van der Waals surface area contributed by atoms with Gasteiger partial charge in [0.15, 0.2) is 5.69 Å². The van der Waals surface area contributed by atoms with Crippen LogP contribution in [0.1, 0.15) is 5.69 Å². The van der Waals surface area contributed by atoms with Crippen LogP contribution in [0.3, 0.4) is 0 Å². The van der Waals surface area contributed by atoms with Gasteiger partial charge in [-0.2, -0.15) is 0 Å². The molecule has 0 bridgehead atoms. The van der Waals surface area contributed by atoms with Gasteiger partial charge in [-0.3, -0.25) is 10.1 Å². The lowest BCUT2D eigenvalue weighted by molar-refractivity contribution is -0.385. The summed E-state index contributed by atoms with van der Waals surface area (Å²) >= 11 is 5.53. The third kappa shape index (κ3) is 2.42. The van der Waals surface area contributed by atoms with Gasteiger partial charge >= 0.3 is 5.69 Å². The fourth-order valence-electron chi connectivity index (χ4n) is 0.787. The molecule has 0 saturated heterocycles. The van der Waals surface area contributed by atoms with Crippen molar-refractivity contribution in [1.29, 1.82) is 0 Å². The molecule has 0 fully saturated rings. The zero-order valence-electron chi connectivity index (χ0n) is 6.90. The topological polar surface area (TPSA) is 76.3 Å². The molecule has 1 aromatic rings. The lowest BCUT2D eigenvalue weighted by Gasteiger charge is -1.94. The van der Waals surface area contributed by atoms with Crippen LogP contribution in [0.15, 0.2) is 12.3 Å². The van der Waals surface area contributed by atoms with Crippen molar-refractivity contribution in [2.75, 3.05) is 6.61 Å². The Balaban J connectivity index is 3.22. The van der Waals surface area contributed by atoms with Crippen LogP contribution in [-0.2, 0) is 0 Å². The van der Waals surface area contributed by atoms with Crippen LogP contribution in [0, 0.1) is 22.0 Å². The van der Waals surface area contributed by atoms with Crippen molar-refractivity contribution in [3.63, 3.8) is 0 Å². The van der Waals surface area contributed by atoms with E-state index in [4.69, 9.17) is 16.7 Å². The number of nitro groups is 1. The predicted octanol–water partition coefficient (Wildman–Crippen LogP) is 0.987. The Morgan fingerprint density at radius 1 is 1.71 bits per heavy atom. The second-order valence-corrected chi connectivity index (χ2v) is 2.67. The summed E-state index contributed by atoms with van der Waals surface area (Å²) in [5.74, 6) is 4.63. The summed E-state index contributed by atoms with van der Waals surface area (Å²) in [6, 6.07) is 1.16. The van der Waals surface area contributed by atoms with Gasteiger partial charge in [0.25, 0.3) is 0 Å². The molecular formula is C8H5ClN2O3. The molecule has 0 aliphatic rings. The highest BCUT2D eigenvalue weighted by Crippen LogP contribution is 2.19. The lowest BCUT2D eigenvalue weighted by atomic mass is 10.3. The van der Waals surface area contributed by atoms with Crippen molar-refractivity contribution in [2.24, 2.45) is 0 Å². The maximum atomic E-state index is 10.5. The molecule has 5 nitrogen and oxygen atoms in total. The van der Waals surface area contributed by atoms with Crippen molar-refractivity contribution in [2.45, 2.75) is 0 Å². The summed E-state index contributed by atoms with van der Waals surface area (Å²) in [5.41, 5.74) is -0.271. The van der Waals surface area contributed by atoms with Crippen molar-refractivity contribution in [3.8, 4) is 11.8 Å². The van der Waals surface area contributed by atoms with Crippen LogP contribution >= 0.6 is 11.6 Å². The minimum Gasteiger partial charge on any atom is -0.384 e. The van der Waals surface area contributed by atoms with E-state index >= 15 is 0 Å². The van der Waals surface area contributed by atoms with Gasteiger partial charge in [-0.25, -0.2) is 4.98 Å². The van der Waals surface area contributed by atoms with E-state index in [1.54, 1.807) is 0 Å². The smallest absolute Gasteiger partial charge is 0.304 e. The van der Waals surface area contributed by atoms with Crippen LogP contribution in [-0.4, -0.2) is 21.6 Å². The Labute approximate surface area is 84.5 Å². The van der Waals surface area contributed by atoms with E-state index in [0.717, 1.165) is 6.07 Å². The number of halogens is 1. The summed E-state index contributed by atoms with van der Waals surface area (Å²) in [5, 5.41) is 19.1. The molecule has 0 amide bonds. The second kappa shape index (κ2) is 4.56. The van der Waals surface area contributed by atoms with Gasteiger partial charge in [0, 0.05) is 12.3 Å². The molecule has 1 aromatic heterocycles. The Morgan fingerprint density at radius 2 is 2.43 bits per heavy atom. The second-order valence-electron chi connectivity index (χ2n) is 2.24. The monoisotopic (exact) mass is 212 g/mol. The Hall–Kier alpha value is -1.64. The normalized spacial score (nSPS) is 9.00. The van der Waals surface area contributed by atoms with Crippen molar-refractivity contribution in [3.05, 3.63) is 33.1 Å². The number of hydrogen-bond acceptors (Lipinski definition) is 4. The number of aliphatic hydroxyl groups is 1. The van der Waals surface area contributed by atoms with Crippen molar-refractivity contribution in [1.82, 2.24) is 4.98 Å². The molecule has 0 radical (unpaired) electrons. The Kier molecular flexibility index (Phi) is 3.40. The highest BCUT2D eigenvalue weighted by molar-refractivity contribution is 6.30. The number of aliphatic hydroxyl groups excluding tert-OH is 1. The average Bonchev–Trinajstić information content (AvgIpc) is 2.15. The van der Waals surface area contributed by atoms with Gasteiger partial charge in [-0.15, -0.1) is 0 Å². The minimum absolute atomic E-state index is 0.00606. The maximum absolute atomic E-state index is 10.5. The van der Waals surface area contributed by atoms with Gasteiger partial charge in [-0.05, 0) is 5.92 Å². The van der Waals surface area contributed by atoms with E-state index in [0.29, 0.717) is 0 Å². The number of rotatable bonds is 1. The lowest BCUT2D eigenvalue weighted by Crippen LogP contribution is -1.95. The molecule has 0 aliphatic heterocycles. The van der Waals surface area contributed by atoms with Crippen LogP contribution in [0.4, 0.5) is 5.69 Å². The standard InChI is InChI=1S/C8H5ClN2O3/c9-6-4-8(11(13)14)7(10-5-6)2-1-3-12/h4-5,12H,3H2. The fraction of sp³-hybridized carbons (Fsp3) is 0.125. The zero-order valence-corrected chi connectivity index (χ0v) is 7.65. The van der Waals surface area contributed by atoms with E-state index in [9.17, 15) is 10.1 Å². The van der Waals surface area contributed by atoms with Gasteiger partial charge in [-0.1, -0.05) is 17.5 Å². The van der Waals surface area contributed by atoms with E-state index in [1.165, 1.54) is 6.20 Å². The number of pyridine rings is 1. The molecule has 0 aromatic carbocycles.